The van der Waals surface area contributed by atoms with Gasteiger partial charge in [-0.2, -0.15) is 0 Å². The van der Waals surface area contributed by atoms with Crippen LogP contribution >= 0.6 is 7.14 Å². The summed E-state index contributed by atoms with van der Waals surface area (Å²) in [5.74, 6) is 0. The minimum atomic E-state index is -3.18. The van der Waals surface area contributed by atoms with Crippen molar-refractivity contribution in [2.75, 3.05) is 0 Å². The topological polar surface area (TPSA) is 26.9 Å². The molecular formula is C54H37N2OP. The lowest BCUT2D eigenvalue weighted by Gasteiger charge is -2.21. The molecule has 0 unspecified atom stereocenters. The van der Waals surface area contributed by atoms with Crippen LogP contribution in [0.1, 0.15) is 0 Å². The summed E-state index contributed by atoms with van der Waals surface area (Å²) in [5, 5.41) is 7.45. The van der Waals surface area contributed by atoms with Gasteiger partial charge in [0.15, 0.2) is 7.14 Å². The van der Waals surface area contributed by atoms with E-state index in [-0.39, 0.29) is 0 Å². The molecule has 0 bridgehead atoms. The Morgan fingerprint density at radius 3 is 0.845 bits per heavy atom. The molecule has 2 aromatic heterocycles. The molecular weight excluding hydrogens is 724 g/mol. The Hall–Kier alpha value is -7.19. The Morgan fingerprint density at radius 2 is 0.517 bits per heavy atom. The van der Waals surface area contributed by atoms with E-state index in [1.54, 1.807) is 0 Å². The second kappa shape index (κ2) is 13.8. The van der Waals surface area contributed by atoms with E-state index in [1.165, 1.54) is 43.6 Å². The summed E-state index contributed by atoms with van der Waals surface area (Å²) in [5.41, 5.74) is 11.4. The zero-order valence-electron chi connectivity index (χ0n) is 31.6. The Bertz CT molecular complexity index is 3010. The maximum atomic E-state index is 15.5. The molecule has 0 radical (unpaired) electrons. The Labute approximate surface area is 337 Å². The number of nitrogens with zero attached hydrogens (tertiary/aromatic N) is 2. The monoisotopic (exact) mass is 760 g/mol. The van der Waals surface area contributed by atoms with E-state index in [9.17, 15) is 0 Å². The maximum Gasteiger partial charge on any atom is 0.171 e. The highest BCUT2D eigenvalue weighted by molar-refractivity contribution is 7.85. The summed E-state index contributed by atoms with van der Waals surface area (Å²) in [4.78, 5) is 0. The van der Waals surface area contributed by atoms with Crippen molar-refractivity contribution in [3.05, 3.63) is 224 Å². The van der Waals surface area contributed by atoms with Gasteiger partial charge < -0.3 is 13.7 Å². The lowest BCUT2D eigenvalue weighted by molar-refractivity contribution is 0.592. The first-order valence-electron chi connectivity index (χ1n) is 19.7. The predicted molar refractivity (Wildman–Crippen MR) is 245 cm³/mol. The first-order valence-corrected chi connectivity index (χ1v) is 21.4. The third kappa shape index (κ3) is 5.47. The van der Waals surface area contributed by atoms with Crippen molar-refractivity contribution in [3.8, 4) is 33.6 Å². The van der Waals surface area contributed by atoms with Crippen LogP contribution in [0.25, 0.3) is 77.2 Å². The van der Waals surface area contributed by atoms with E-state index in [4.69, 9.17) is 0 Å². The molecule has 0 atom stereocenters. The first kappa shape index (κ1) is 34.1. The molecule has 0 aliphatic rings. The molecule has 0 amide bonds. The van der Waals surface area contributed by atoms with Gasteiger partial charge in [-0.05, 0) is 70.8 Å². The normalized spacial score (nSPS) is 11.9. The quantitative estimate of drug-likeness (QED) is 0.149. The van der Waals surface area contributed by atoms with E-state index in [2.05, 4.69) is 179 Å². The van der Waals surface area contributed by atoms with E-state index >= 15 is 4.57 Å². The van der Waals surface area contributed by atoms with E-state index in [0.717, 1.165) is 49.5 Å². The van der Waals surface area contributed by atoms with Gasteiger partial charge in [0, 0.05) is 48.8 Å². The molecule has 9 aromatic carbocycles. The Kier molecular flexibility index (Phi) is 8.10. The number of hydrogen-bond acceptors (Lipinski definition) is 1. The zero-order valence-corrected chi connectivity index (χ0v) is 32.5. The van der Waals surface area contributed by atoms with E-state index < -0.39 is 7.14 Å². The van der Waals surface area contributed by atoms with Crippen LogP contribution in [-0.4, -0.2) is 9.13 Å². The molecule has 274 valence electrons. The van der Waals surface area contributed by atoms with Gasteiger partial charge in [0.1, 0.15) is 0 Å². The van der Waals surface area contributed by atoms with Gasteiger partial charge in [-0.25, -0.2) is 0 Å². The van der Waals surface area contributed by atoms with Crippen LogP contribution in [0.2, 0.25) is 0 Å². The molecule has 0 saturated heterocycles. The van der Waals surface area contributed by atoms with Crippen molar-refractivity contribution in [2.45, 2.75) is 0 Å². The molecule has 11 aromatic rings. The molecule has 0 N–H and O–H groups in total. The van der Waals surface area contributed by atoms with Crippen LogP contribution in [0.15, 0.2) is 224 Å². The first-order chi connectivity index (χ1) is 28.6. The third-order valence-electron chi connectivity index (χ3n) is 11.7. The minimum absolute atomic E-state index is 0.813. The van der Waals surface area contributed by atoms with Crippen LogP contribution in [0, 0.1) is 0 Å². The number of hydrogen-bond donors (Lipinski definition) is 0. The van der Waals surface area contributed by atoms with Crippen molar-refractivity contribution in [1.82, 2.24) is 9.13 Å². The highest BCUT2D eigenvalue weighted by Crippen LogP contribution is 2.43. The Balaban J connectivity index is 0.902. The van der Waals surface area contributed by atoms with E-state index in [1.807, 2.05) is 54.6 Å². The van der Waals surface area contributed by atoms with Gasteiger partial charge in [-0.1, -0.05) is 176 Å². The van der Waals surface area contributed by atoms with Crippen molar-refractivity contribution < 1.29 is 4.57 Å². The summed E-state index contributed by atoms with van der Waals surface area (Å²) < 4.78 is 20.2. The summed E-state index contributed by atoms with van der Waals surface area (Å²) in [6.07, 6.45) is 0. The van der Waals surface area contributed by atoms with Gasteiger partial charge in [-0.3, -0.25) is 0 Å². The lowest BCUT2D eigenvalue weighted by Crippen LogP contribution is -2.24. The second-order valence-corrected chi connectivity index (χ2v) is 17.6. The fourth-order valence-electron chi connectivity index (χ4n) is 8.82. The standard InChI is InChI=1S/C54H37N2OP/c57-58(44-12-2-1-3-13-44,45-34-26-40(27-35-45)38-22-30-42(31-23-38)55-51-18-8-4-14-47(51)48-15-5-9-19-52(48)55)46-36-28-41(29-37-46)39-24-32-43(33-25-39)56-53-20-10-6-16-49(53)50-17-7-11-21-54(50)56/h1-37H. The second-order valence-electron chi connectivity index (χ2n) is 14.9. The fraction of sp³-hybridized carbons (Fsp3) is 0. The largest absolute Gasteiger partial charge is 0.309 e. The van der Waals surface area contributed by atoms with Crippen LogP contribution in [0.5, 0.6) is 0 Å². The average molecular weight is 761 g/mol. The van der Waals surface area contributed by atoms with Gasteiger partial charge in [0.05, 0.1) is 22.1 Å². The molecule has 58 heavy (non-hydrogen) atoms. The molecule has 0 aliphatic carbocycles. The molecule has 0 saturated carbocycles. The highest BCUT2D eigenvalue weighted by atomic mass is 31.2. The number of fused-ring (bicyclic) bond motifs is 6. The molecule has 2 heterocycles. The smallest absolute Gasteiger partial charge is 0.171 e. The van der Waals surface area contributed by atoms with Gasteiger partial charge in [0.25, 0.3) is 0 Å². The highest BCUT2D eigenvalue weighted by Gasteiger charge is 2.30. The minimum Gasteiger partial charge on any atom is -0.309 e. The van der Waals surface area contributed by atoms with Gasteiger partial charge in [0.2, 0.25) is 0 Å². The fourth-order valence-corrected chi connectivity index (χ4v) is 11.4. The van der Waals surface area contributed by atoms with Crippen LogP contribution < -0.4 is 15.9 Å². The summed E-state index contributed by atoms with van der Waals surface area (Å²) >= 11 is 0. The van der Waals surface area contributed by atoms with Crippen molar-refractivity contribution in [3.63, 3.8) is 0 Å². The molecule has 0 fully saturated rings. The Morgan fingerprint density at radius 1 is 0.259 bits per heavy atom. The number of aromatic nitrogens is 2. The van der Waals surface area contributed by atoms with Crippen LogP contribution in [0.4, 0.5) is 0 Å². The number of benzene rings is 9. The lowest BCUT2D eigenvalue weighted by atomic mass is 10.1. The molecule has 3 nitrogen and oxygen atoms in total. The summed E-state index contributed by atoms with van der Waals surface area (Å²) in [6.45, 7) is 0. The molecule has 4 heteroatoms. The predicted octanol–water partition coefficient (Wildman–Crippen LogP) is 12.9. The van der Waals surface area contributed by atoms with Gasteiger partial charge >= 0.3 is 0 Å². The third-order valence-corrected chi connectivity index (χ3v) is 14.7. The average Bonchev–Trinajstić information content (AvgIpc) is 3.82. The zero-order chi connectivity index (χ0) is 38.6. The molecule has 0 spiro atoms. The number of para-hydroxylation sites is 4. The SMILES string of the molecule is O=P(c1ccccc1)(c1ccc(-c2ccc(-n3c4ccccc4c4ccccc43)cc2)cc1)c1ccc(-c2ccc(-n3c4ccccc4c4ccccc43)cc2)cc1. The van der Waals surface area contributed by atoms with Crippen molar-refractivity contribution in [1.29, 1.82) is 0 Å². The summed E-state index contributed by atoms with van der Waals surface area (Å²) in [6, 6.07) is 78.3. The van der Waals surface area contributed by atoms with Crippen molar-refractivity contribution >= 4 is 66.7 Å². The molecule has 11 rings (SSSR count). The van der Waals surface area contributed by atoms with Crippen LogP contribution in [0.3, 0.4) is 0 Å². The van der Waals surface area contributed by atoms with Gasteiger partial charge in [-0.15, -0.1) is 0 Å². The maximum absolute atomic E-state index is 15.5. The number of rotatable bonds is 7. The van der Waals surface area contributed by atoms with Crippen molar-refractivity contribution in [2.24, 2.45) is 0 Å². The van der Waals surface area contributed by atoms with E-state index in [0.29, 0.717) is 0 Å². The molecule has 0 aliphatic heterocycles. The summed E-state index contributed by atoms with van der Waals surface area (Å²) in [7, 11) is -3.18. The van der Waals surface area contributed by atoms with Crippen LogP contribution in [-0.2, 0) is 4.57 Å².